The molecule has 0 heterocycles. The number of hydrogen-bond acceptors (Lipinski definition) is 3. The van der Waals surface area contributed by atoms with Gasteiger partial charge in [-0.25, -0.2) is 0 Å². The third kappa shape index (κ3) is 5.78. The van der Waals surface area contributed by atoms with Crippen molar-refractivity contribution in [3.8, 4) is 0 Å². The van der Waals surface area contributed by atoms with Crippen LogP contribution >= 0.6 is 11.9 Å². The van der Waals surface area contributed by atoms with Crippen molar-refractivity contribution in [2.24, 2.45) is 0 Å². The van der Waals surface area contributed by atoms with Gasteiger partial charge in [-0.05, 0) is 6.26 Å². The summed E-state index contributed by atoms with van der Waals surface area (Å²) in [5.74, 6) is -0.825. The van der Waals surface area contributed by atoms with E-state index in [0.29, 0.717) is 0 Å². The van der Waals surface area contributed by atoms with Crippen molar-refractivity contribution in [2.75, 3.05) is 12.8 Å². The number of carboxylic acids is 1. The second-order valence-electron chi connectivity index (χ2n) is 0.919. The van der Waals surface area contributed by atoms with Gasteiger partial charge in [0.25, 0.3) is 0 Å². The molecule has 0 rings (SSSR count). The summed E-state index contributed by atoms with van der Waals surface area (Å²) in [6.07, 6.45) is 1.78. The molecule has 2 N–H and O–H groups in total. The highest BCUT2D eigenvalue weighted by Crippen LogP contribution is 1.77. The minimum atomic E-state index is -0.825. The highest BCUT2D eigenvalue weighted by molar-refractivity contribution is 7.96. The second-order valence-corrected chi connectivity index (χ2v) is 1.62. The Labute approximate surface area is 46.2 Å². The number of rotatable bonds is 3. The minimum absolute atomic E-state index is 0.0289. The van der Waals surface area contributed by atoms with Gasteiger partial charge in [0.15, 0.2) is 0 Å². The van der Waals surface area contributed by atoms with Crippen LogP contribution in [0.2, 0.25) is 0 Å². The third-order valence-electron chi connectivity index (χ3n) is 0.368. The molecule has 0 aromatic rings. The number of nitrogens with one attached hydrogen (secondary N) is 1. The molecule has 42 valence electrons. The van der Waals surface area contributed by atoms with Crippen molar-refractivity contribution >= 4 is 17.9 Å². The molecule has 0 saturated heterocycles. The molecule has 0 atom stereocenters. The molecule has 0 bridgehead atoms. The average molecular weight is 121 g/mol. The zero-order valence-corrected chi connectivity index (χ0v) is 4.79. The molecule has 0 aromatic carbocycles. The molecule has 4 heteroatoms. The van der Waals surface area contributed by atoms with Crippen molar-refractivity contribution < 1.29 is 9.90 Å². The molecule has 7 heavy (non-hydrogen) atoms. The normalized spacial score (nSPS) is 8.71. The van der Waals surface area contributed by atoms with Gasteiger partial charge < -0.3 is 5.11 Å². The fraction of sp³-hybridized carbons (Fsp3) is 0.667. The lowest BCUT2D eigenvalue weighted by Crippen LogP contribution is -2.14. The Balaban J connectivity index is 2.82. The summed E-state index contributed by atoms with van der Waals surface area (Å²) < 4.78 is 2.56. The minimum Gasteiger partial charge on any atom is -0.480 e. The van der Waals surface area contributed by atoms with Gasteiger partial charge in [0.05, 0.1) is 0 Å². The van der Waals surface area contributed by atoms with E-state index in [9.17, 15) is 4.79 Å². The first-order chi connectivity index (χ1) is 3.27. The Morgan fingerprint density at radius 2 is 2.57 bits per heavy atom. The first-order valence-electron chi connectivity index (χ1n) is 1.75. The molecule has 0 spiro atoms. The van der Waals surface area contributed by atoms with Crippen LogP contribution in [-0.2, 0) is 4.79 Å². The number of carboxylic acid groups (broad SMARTS) is 1. The predicted octanol–water partition coefficient (Wildman–Crippen LogP) is -0.0614. The van der Waals surface area contributed by atoms with Gasteiger partial charge in [-0.15, -0.1) is 0 Å². The first-order valence-corrected chi connectivity index (χ1v) is 2.97. The lowest BCUT2D eigenvalue weighted by Gasteiger charge is -1.89. The molecule has 0 radical (unpaired) electrons. The van der Waals surface area contributed by atoms with Crippen molar-refractivity contribution in [1.29, 1.82) is 0 Å². The smallest absolute Gasteiger partial charge is 0.318 e. The molecule has 0 aliphatic rings. The van der Waals surface area contributed by atoms with Gasteiger partial charge in [-0.3, -0.25) is 9.52 Å². The van der Waals surface area contributed by atoms with Crippen LogP contribution in [0.5, 0.6) is 0 Å². The Hall–Kier alpha value is -0.220. The zero-order valence-electron chi connectivity index (χ0n) is 3.97. The monoisotopic (exact) mass is 121 g/mol. The van der Waals surface area contributed by atoms with E-state index in [-0.39, 0.29) is 6.54 Å². The van der Waals surface area contributed by atoms with Crippen LogP contribution in [0.3, 0.4) is 0 Å². The van der Waals surface area contributed by atoms with Crippen LogP contribution in [0.15, 0.2) is 0 Å². The highest BCUT2D eigenvalue weighted by atomic mass is 32.2. The quantitative estimate of drug-likeness (QED) is 0.513. The lowest BCUT2D eigenvalue weighted by atomic mass is 10.7. The summed E-state index contributed by atoms with van der Waals surface area (Å²) in [5.41, 5.74) is 0. The molecule has 0 fully saturated rings. The van der Waals surface area contributed by atoms with Gasteiger partial charge in [-0.1, -0.05) is 11.9 Å². The summed E-state index contributed by atoms with van der Waals surface area (Å²) in [7, 11) is 0. The van der Waals surface area contributed by atoms with Gasteiger partial charge in [0, 0.05) is 0 Å². The van der Waals surface area contributed by atoms with Crippen molar-refractivity contribution in [3.05, 3.63) is 0 Å². The van der Waals surface area contributed by atoms with Crippen LogP contribution in [-0.4, -0.2) is 23.9 Å². The number of hydrogen-bond donors (Lipinski definition) is 2. The van der Waals surface area contributed by atoms with E-state index in [1.165, 1.54) is 11.9 Å². The molecular weight excluding hydrogens is 114 g/mol. The van der Waals surface area contributed by atoms with Crippen LogP contribution < -0.4 is 4.72 Å². The maximum Gasteiger partial charge on any atom is 0.318 e. The van der Waals surface area contributed by atoms with Crippen LogP contribution in [0.25, 0.3) is 0 Å². The van der Waals surface area contributed by atoms with Gasteiger partial charge in [0.1, 0.15) is 6.54 Å². The topological polar surface area (TPSA) is 49.3 Å². The summed E-state index contributed by atoms with van der Waals surface area (Å²) in [5, 5.41) is 7.97. The van der Waals surface area contributed by atoms with Crippen LogP contribution in [0.4, 0.5) is 0 Å². The lowest BCUT2D eigenvalue weighted by molar-refractivity contribution is -0.135. The van der Waals surface area contributed by atoms with Crippen molar-refractivity contribution in [1.82, 2.24) is 4.72 Å². The van der Waals surface area contributed by atoms with E-state index in [2.05, 4.69) is 4.72 Å². The number of aliphatic carboxylic acids is 1. The van der Waals surface area contributed by atoms with Gasteiger partial charge >= 0.3 is 5.97 Å². The van der Waals surface area contributed by atoms with E-state index in [1.54, 1.807) is 6.26 Å². The fourth-order valence-corrected chi connectivity index (χ4v) is 0.402. The van der Waals surface area contributed by atoms with Crippen LogP contribution in [0.1, 0.15) is 0 Å². The Morgan fingerprint density at radius 3 is 2.71 bits per heavy atom. The molecule has 0 aromatic heterocycles. The summed E-state index contributed by atoms with van der Waals surface area (Å²) in [6.45, 7) is 0.0289. The second kappa shape index (κ2) is 3.95. The third-order valence-corrected chi connectivity index (χ3v) is 0.801. The van der Waals surface area contributed by atoms with Crippen LogP contribution in [0, 0.1) is 0 Å². The van der Waals surface area contributed by atoms with E-state index >= 15 is 0 Å². The van der Waals surface area contributed by atoms with Gasteiger partial charge in [0.2, 0.25) is 0 Å². The Morgan fingerprint density at radius 1 is 2.00 bits per heavy atom. The van der Waals surface area contributed by atoms with Gasteiger partial charge in [-0.2, -0.15) is 0 Å². The molecule has 0 aliphatic carbocycles. The Kier molecular flexibility index (Phi) is 3.83. The highest BCUT2D eigenvalue weighted by Gasteiger charge is 1.89. The fourth-order valence-electron chi connectivity index (χ4n) is 0.134. The van der Waals surface area contributed by atoms with E-state index < -0.39 is 5.97 Å². The largest absolute Gasteiger partial charge is 0.480 e. The first kappa shape index (κ1) is 6.78. The molecular formula is C3H7NO2S. The molecule has 0 saturated carbocycles. The summed E-state index contributed by atoms with van der Waals surface area (Å²) >= 11 is 1.30. The van der Waals surface area contributed by atoms with Crippen molar-refractivity contribution in [2.45, 2.75) is 0 Å². The van der Waals surface area contributed by atoms with E-state index in [4.69, 9.17) is 5.11 Å². The summed E-state index contributed by atoms with van der Waals surface area (Å²) in [4.78, 5) is 9.68. The zero-order chi connectivity index (χ0) is 5.70. The maximum absolute atomic E-state index is 9.68. The van der Waals surface area contributed by atoms with E-state index in [0.717, 1.165) is 0 Å². The molecule has 3 nitrogen and oxygen atoms in total. The average Bonchev–Trinajstić information content (AvgIpc) is 1.61. The molecule has 0 aliphatic heterocycles. The SMILES string of the molecule is CSNCC(=O)O. The predicted molar refractivity (Wildman–Crippen MR) is 29.2 cm³/mol. The van der Waals surface area contributed by atoms with Crippen molar-refractivity contribution in [3.63, 3.8) is 0 Å². The molecule has 0 amide bonds. The van der Waals surface area contributed by atoms with E-state index in [1.807, 2.05) is 0 Å². The molecule has 0 unspecified atom stereocenters. The Bertz CT molecular complexity index is 66.0. The standard InChI is InChI=1S/C3H7NO2S/c1-7-4-2-3(5)6/h4H,2H2,1H3,(H,5,6). The summed E-state index contributed by atoms with van der Waals surface area (Å²) in [6, 6.07) is 0. The maximum atomic E-state index is 9.68. The number of carbonyl (C=O) groups is 1.